The van der Waals surface area contributed by atoms with E-state index in [1.165, 1.54) is 0 Å². The second-order valence-corrected chi connectivity index (χ2v) is 8.94. The van der Waals surface area contributed by atoms with Crippen LogP contribution < -0.4 is 10.6 Å². The molecule has 0 radical (unpaired) electrons. The molecule has 6 nitrogen and oxygen atoms in total. The summed E-state index contributed by atoms with van der Waals surface area (Å²) in [6.07, 6.45) is 4.38. The number of esters is 1. The first-order valence-corrected chi connectivity index (χ1v) is 11.1. The summed E-state index contributed by atoms with van der Waals surface area (Å²) in [6.45, 7) is 11.3. The van der Waals surface area contributed by atoms with Gasteiger partial charge in [0.15, 0.2) is 5.96 Å². The number of hydrogen-bond donors (Lipinski definition) is 3. The predicted octanol–water partition coefficient (Wildman–Crippen LogP) is 4.42. The van der Waals surface area contributed by atoms with Crippen LogP contribution in [-0.2, 0) is 15.1 Å². The maximum atomic E-state index is 11.7. The van der Waals surface area contributed by atoms with E-state index in [-0.39, 0.29) is 29.9 Å². The molecule has 29 heavy (non-hydrogen) atoms. The van der Waals surface area contributed by atoms with Gasteiger partial charge in [-0.1, -0.05) is 12.8 Å². The van der Waals surface area contributed by atoms with Crippen LogP contribution in [0.3, 0.4) is 0 Å². The molecule has 1 rings (SSSR count). The zero-order chi connectivity index (χ0) is 21.0. The average Bonchev–Trinajstić information content (AvgIpc) is 3.12. The maximum Gasteiger partial charge on any atom is 0.306 e. The summed E-state index contributed by atoms with van der Waals surface area (Å²) in [5.74, 6) is 0.594. The standard InChI is InChI=1S/C21H37N3O3S.HI/c1-6-22-19(24-16-21(5,26)17-12-14-28-15-17)23-13-10-8-7-9-11-18(25)27-20(2,3)4;/h12,14-15,26H,6-11,13,16H2,1-5H3,(H2,22,23,24);1H. The summed E-state index contributed by atoms with van der Waals surface area (Å²) in [5.41, 5.74) is -0.483. The normalized spacial score (nSPS) is 13.9. The molecule has 1 heterocycles. The van der Waals surface area contributed by atoms with Gasteiger partial charge in [0.1, 0.15) is 11.2 Å². The van der Waals surface area contributed by atoms with Gasteiger partial charge in [0.2, 0.25) is 0 Å². The minimum absolute atomic E-state index is 0. The second-order valence-electron chi connectivity index (χ2n) is 8.16. The van der Waals surface area contributed by atoms with Crippen LogP contribution in [0, 0.1) is 0 Å². The number of aliphatic imine (C=N–C) groups is 1. The van der Waals surface area contributed by atoms with E-state index in [4.69, 9.17) is 4.74 Å². The predicted molar refractivity (Wildman–Crippen MR) is 132 cm³/mol. The van der Waals surface area contributed by atoms with Gasteiger partial charge in [-0.25, -0.2) is 4.99 Å². The number of aliphatic hydroxyl groups is 1. The topological polar surface area (TPSA) is 83.0 Å². The van der Waals surface area contributed by atoms with Gasteiger partial charge >= 0.3 is 5.97 Å². The number of carbonyl (C=O) groups excluding carboxylic acids is 1. The van der Waals surface area contributed by atoms with Crippen LogP contribution in [0.25, 0.3) is 0 Å². The summed E-state index contributed by atoms with van der Waals surface area (Å²) in [7, 11) is 0. The van der Waals surface area contributed by atoms with Crippen molar-refractivity contribution in [3.63, 3.8) is 0 Å². The highest BCUT2D eigenvalue weighted by Gasteiger charge is 2.23. The van der Waals surface area contributed by atoms with Crippen LogP contribution in [0.1, 0.15) is 72.3 Å². The SMILES string of the molecule is CCNC(=NCC(C)(O)c1ccsc1)NCCCCCCC(=O)OC(C)(C)C.I. The van der Waals surface area contributed by atoms with Crippen LogP contribution in [0.5, 0.6) is 0 Å². The zero-order valence-corrected chi connectivity index (χ0v) is 21.6. The van der Waals surface area contributed by atoms with Crippen molar-refractivity contribution in [1.29, 1.82) is 0 Å². The van der Waals surface area contributed by atoms with Crippen molar-refractivity contribution >= 4 is 47.2 Å². The van der Waals surface area contributed by atoms with E-state index in [1.54, 1.807) is 18.3 Å². The third kappa shape index (κ3) is 13.1. The Bertz CT molecular complexity index is 599. The molecule has 0 saturated heterocycles. The number of guanidine groups is 1. The largest absolute Gasteiger partial charge is 0.460 e. The summed E-state index contributed by atoms with van der Waals surface area (Å²) < 4.78 is 5.31. The molecular weight excluding hydrogens is 501 g/mol. The molecule has 0 aliphatic rings. The number of nitrogens with one attached hydrogen (secondary N) is 2. The summed E-state index contributed by atoms with van der Waals surface area (Å²) in [6, 6.07) is 1.93. The Morgan fingerprint density at radius 2 is 1.86 bits per heavy atom. The highest BCUT2D eigenvalue weighted by molar-refractivity contribution is 14.0. The molecule has 1 unspecified atom stereocenters. The number of rotatable bonds is 11. The van der Waals surface area contributed by atoms with E-state index in [9.17, 15) is 9.90 Å². The smallest absolute Gasteiger partial charge is 0.306 e. The fourth-order valence-corrected chi connectivity index (χ4v) is 3.37. The summed E-state index contributed by atoms with van der Waals surface area (Å²) in [5, 5.41) is 21.0. The third-order valence-electron chi connectivity index (χ3n) is 4.05. The molecule has 1 aromatic heterocycles. The van der Waals surface area contributed by atoms with Gasteiger partial charge in [-0.2, -0.15) is 11.3 Å². The van der Waals surface area contributed by atoms with Gasteiger partial charge in [-0.3, -0.25) is 4.79 Å². The number of thiophene rings is 1. The minimum atomic E-state index is -0.968. The molecule has 0 spiro atoms. The molecule has 3 N–H and O–H groups in total. The van der Waals surface area contributed by atoms with Crippen molar-refractivity contribution < 1.29 is 14.6 Å². The Morgan fingerprint density at radius 1 is 1.17 bits per heavy atom. The first-order valence-electron chi connectivity index (χ1n) is 10.1. The second kappa shape index (κ2) is 14.2. The first-order chi connectivity index (χ1) is 13.1. The Morgan fingerprint density at radius 3 is 2.45 bits per heavy atom. The number of halogens is 1. The van der Waals surface area contributed by atoms with Gasteiger partial charge in [0.05, 0.1) is 6.54 Å². The van der Waals surface area contributed by atoms with E-state index < -0.39 is 11.2 Å². The number of carbonyl (C=O) groups is 1. The van der Waals surface area contributed by atoms with E-state index in [1.807, 2.05) is 44.5 Å². The molecule has 0 aliphatic carbocycles. The van der Waals surface area contributed by atoms with Crippen molar-refractivity contribution in [2.75, 3.05) is 19.6 Å². The highest BCUT2D eigenvalue weighted by atomic mass is 127. The lowest BCUT2D eigenvalue weighted by Gasteiger charge is -2.21. The average molecular weight is 540 g/mol. The van der Waals surface area contributed by atoms with Crippen molar-refractivity contribution in [3.8, 4) is 0 Å². The first kappa shape index (κ1) is 28.1. The molecule has 8 heteroatoms. The molecular formula is C21H38IN3O3S. The van der Waals surface area contributed by atoms with E-state index in [0.717, 1.165) is 44.3 Å². The Kier molecular flexibility index (Phi) is 13.8. The number of ether oxygens (including phenoxy) is 1. The lowest BCUT2D eigenvalue weighted by molar-refractivity contribution is -0.154. The molecule has 0 bridgehead atoms. The van der Waals surface area contributed by atoms with Gasteiger partial charge in [-0.05, 0) is 69.9 Å². The Balaban J connectivity index is 0.00000784. The number of hydrogen-bond acceptors (Lipinski definition) is 5. The lowest BCUT2D eigenvalue weighted by Crippen LogP contribution is -2.39. The number of unbranched alkanes of at least 4 members (excludes halogenated alkanes) is 3. The van der Waals surface area contributed by atoms with Gasteiger partial charge in [-0.15, -0.1) is 24.0 Å². The monoisotopic (exact) mass is 539 g/mol. The molecule has 0 aromatic carbocycles. The van der Waals surface area contributed by atoms with Crippen LogP contribution in [-0.4, -0.2) is 42.3 Å². The fraction of sp³-hybridized carbons (Fsp3) is 0.714. The van der Waals surface area contributed by atoms with E-state index >= 15 is 0 Å². The van der Waals surface area contributed by atoms with Crippen LogP contribution in [0.15, 0.2) is 21.8 Å². The van der Waals surface area contributed by atoms with Gasteiger partial charge in [0.25, 0.3) is 0 Å². The molecule has 0 aliphatic heterocycles. The zero-order valence-electron chi connectivity index (χ0n) is 18.4. The molecule has 0 saturated carbocycles. The molecule has 0 amide bonds. The van der Waals surface area contributed by atoms with Crippen molar-refractivity contribution in [2.24, 2.45) is 4.99 Å². The van der Waals surface area contributed by atoms with E-state index in [2.05, 4.69) is 15.6 Å². The minimum Gasteiger partial charge on any atom is -0.460 e. The summed E-state index contributed by atoms with van der Waals surface area (Å²) >= 11 is 1.57. The van der Waals surface area contributed by atoms with Crippen LogP contribution in [0.4, 0.5) is 0 Å². The van der Waals surface area contributed by atoms with Crippen LogP contribution >= 0.6 is 35.3 Å². The van der Waals surface area contributed by atoms with Gasteiger partial charge < -0.3 is 20.5 Å². The lowest BCUT2D eigenvalue weighted by atomic mass is 10.00. The van der Waals surface area contributed by atoms with Crippen molar-refractivity contribution in [1.82, 2.24) is 10.6 Å². The van der Waals surface area contributed by atoms with E-state index in [0.29, 0.717) is 18.9 Å². The third-order valence-corrected chi connectivity index (χ3v) is 4.74. The molecule has 168 valence electrons. The highest BCUT2D eigenvalue weighted by Crippen LogP contribution is 2.23. The molecule has 1 aromatic rings. The number of nitrogens with zero attached hydrogens (tertiary/aromatic N) is 1. The fourth-order valence-electron chi connectivity index (χ4n) is 2.58. The molecule has 0 fully saturated rings. The van der Waals surface area contributed by atoms with Gasteiger partial charge in [0, 0.05) is 19.5 Å². The molecule has 1 atom stereocenters. The van der Waals surface area contributed by atoms with Crippen molar-refractivity contribution in [3.05, 3.63) is 22.4 Å². The Labute approximate surface area is 196 Å². The Hall–Kier alpha value is -0.870. The van der Waals surface area contributed by atoms with Crippen LogP contribution in [0.2, 0.25) is 0 Å². The van der Waals surface area contributed by atoms with Crippen molar-refractivity contribution in [2.45, 2.75) is 77.9 Å². The maximum absolute atomic E-state index is 11.7. The quantitative estimate of drug-likeness (QED) is 0.128. The summed E-state index contributed by atoms with van der Waals surface area (Å²) in [4.78, 5) is 16.2.